The predicted molar refractivity (Wildman–Crippen MR) is 108 cm³/mol. The quantitative estimate of drug-likeness (QED) is 0.296. The first-order valence-electron chi connectivity index (χ1n) is 9.48. The lowest BCUT2D eigenvalue weighted by molar-refractivity contribution is 0.0268. The van der Waals surface area contributed by atoms with Crippen LogP contribution in [-0.4, -0.2) is 59.8 Å². The molecule has 0 atom stereocenters. The first-order valence-corrected chi connectivity index (χ1v) is 10.7. The Hall–Kier alpha value is -1.28. The molecule has 1 saturated carbocycles. The van der Waals surface area contributed by atoms with Crippen LogP contribution in [0.15, 0.2) is 10.1 Å². The lowest BCUT2D eigenvalue weighted by atomic mass is 10.1. The Bertz CT molecular complexity index is 580. The molecule has 8 heteroatoms. The van der Waals surface area contributed by atoms with Gasteiger partial charge in [0, 0.05) is 39.7 Å². The molecule has 1 fully saturated rings. The Morgan fingerprint density at radius 1 is 1.31 bits per heavy atom. The van der Waals surface area contributed by atoms with Crippen molar-refractivity contribution in [3.8, 4) is 0 Å². The summed E-state index contributed by atoms with van der Waals surface area (Å²) in [4.78, 5) is 4.27. The van der Waals surface area contributed by atoms with Crippen molar-refractivity contribution < 1.29 is 4.74 Å². The molecule has 148 valence electrons. The molecule has 2 rings (SSSR count). The highest BCUT2D eigenvalue weighted by molar-refractivity contribution is 7.98. The summed E-state index contributed by atoms with van der Waals surface area (Å²) in [5, 5.41) is 16.6. The minimum atomic E-state index is -0.219. The van der Waals surface area contributed by atoms with Crippen molar-refractivity contribution in [2.24, 2.45) is 4.99 Å². The fourth-order valence-corrected chi connectivity index (χ4v) is 3.76. The molecule has 0 aliphatic heterocycles. The van der Waals surface area contributed by atoms with Crippen molar-refractivity contribution >= 4 is 17.7 Å². The molecule has 0 aromatic carbocycles. The van der Waals surface area contributed by atoms with Gasteiger partial charge < -0.3 is 19.9 Å². The van der Waals surface area contributed by atoms with Gasteiger partial charge in [0.1, 0.15) is 5.82 Å². The van der Waals surface area contributed by atoms with Gasteiger partial charge in [-0.05, 0) is 39.4 Å². The number of aromatic nitrogens is 3. The molecular weight excluding hydrogens is 348 g/mol. The number of hydrogen-bond acceptors (Lipinski definition) is 5. The molecule has 0 unspecified atom stereocenters. The fraction of sp³-hybridized carbons (Fsp3) is 0.833. The summed E-state index contributed by atoms with van der Waals surface area (Å²) in [5.41, 5.74) is -0.219. The van der Waals surface area contributed by atoms with Crippen molar-refractivity contribution in [3.05, 3.63) is 5.82 Å². The number of aryl methyl sites for hydroxylation is 1. The average molecular weight is 383 g/mol. The van der Waals surface area contributed by atoms with Gasteiger partial charge >= 0.3 is 0 Å². The summed E-state index contributed by atoms with van der Waals surface area (Å²) in [7, 11) is 3.51. The smallest absolute Gasteiger partial charge is 0.191 e. The zero-order valence-corrected chi connectivity index (χ0v) is 17.7. The van der Waals surface area contributed by atoms with E-state index in [-0.39, 0.29) is 5.60 Å². The topological polar surface area (TPSA) is 76.4 Å². The number of ether oxygens (including phenoxy) is 1. The van der Waals surface area contributed by atoms with Gasteiger partial charge in [-0.1, -0.05) is 24.6 Å². The van der Waals surface area contributed by atoms with Crippen molar-refractivity contribution in [1.82, 2.24) is 25.4 Å². The zero-order chi connectivity index (χ0) is 19.0. The van der Waals surface area contributed by atoms with E-state index in [4.69, 9.17) is 4.74 Å². The standard InChI is InChI=1S/C18H34N6OS/c1-18(2,25-4)13-21-16(19-3)20-12-8-11-15-22-23-17(26-5)24(15)14-9-6-7-10-14/h14H,6-13H2,1-5H3,(H2,19,20,21). The number of rotatable bonds is 9. The summed E-state index contributed by atoms with van der Waals surface area (Å²) in [6.07, 6.45) is 9.14. The van der Waals surface area contributed by atoms with E-state index < -0.39 is 0 Å². The van der Waals surface area contributed by atoms with E-state index in [1.807, 2.05) is 13.8 Å². The van der Waals surface area contributed by atoms with E-state index in [9.17, 15) is 0 Å². The Morgan fingerprint density at radius 3 is 2.65 bits per heavy atom. The van der Waals surface area contributed by atoms with Gasteiger partial charge in [-0.2, -0.15) is 0 Å². The highest BCUT2D eigenvalue weighted by Crippen LogP contribution is 2.33. The molecule has 1 aliphatic carbocycles. The number of nitrogens with zero attached hydrogens (tertiary/aromatic N) is 4. The highest BCUT2D eigenvalue weighted by atomic mass is 32.2. The van der Waals surface area contributed by atoms with E-state index in [2.05, 4.69) is 36.6 Å². The third-order valence-electron chi connectivity index (χ3n) is 4.93. The van der Waals surface area contributed by atoms with Gasteiger partial charge in [0.25, 0.3) is 0 Å². The maximum absolute atomic E-state index is 5.43. The van der Waals surface area contributed by atoms with Crippen LogP contribution in [0.3, 0.4) is 0 Å². The second kappa shape index (κ2) is 10.2. The molecule has 0 amide bonds. The molecule has 0 radical (unpaired) electrons. The second-order valence-electron chi connectivity index (χ2n) is 7.33. The number of thioether (sulfide) groups is 1. The van der Waals surface area contributed by atoms with Crippen molar-refractivity contribution in [1.29, 1.82) is 0 Å². The predicted octanol–water partition coefficient (Wildman–Crippen LogP) is 2.64. The SMILES string of the molecule is CN=C(NCCCc1nnc(SC)n1C1CCCC1)NCC(C)(C)OC. The first-order chi connectivity index (χ1) is 12.5. The lowest BCUT2D eigenvalue weighted by Crippen LogP contribution is -2.45. The number of hydrogen-bond donors (Lipinski definition) is 2. The molecule has 7 nitrogen and oxygen atoms in total. The normalized spacial score (nSPS) is 16.3. The van der Waals surface area contributed by atoms with Crippen LogP contribution in [0.1, 0.15) is 57.8 Å². The Kier molecular flexibility index (Phi) is 8.21. The van der Waals surface area contributed by atoms with E-state index in [1.165, 1.54) is 25.7 Å². The molecule has 26 heavy (non-hydrogen) atoms. The maximum atomic E-state index is 5.43. The summed E-state index contributed by atoms with van der Waals surface area (Å²) < 4.78 is 7.81. The Labute approximate surface area is 161 Å². The van der Waals surface area contributed by atoms with Gasteiger partial charge in [0.2, 0.25) is 0 Å². The summed E-state index contributed by atoms with van der Waals surface area (Å²) in [6.45, 7) is 5.65. The van der Waals surface area contributed by atoms with Gasteiger partial charge in [-0.25, -0.2) is 0 Å². The number of nitrogens with one attached hydrogen (secondary N) is 2. The van der Waals surface area contributed by atoms with E-state index >= 15 is 0 Å². The molecule has 0 spiro atoms. The molecule has 1 aromatic heterocycles. The molecule has 1 aliphatic rings. The number of guanidine groups is 1. The maximum Gasteiger partial charge on any atom is 0.191 e. The number of aliphatic imine (C=N–C) groups is 1. The molecule has 2 N–H and O–H groups in total. The second-order valence-corrected chi connectivity index (χ2v) is 8.10. The van der Waals surface area contributed by atoms with Crippen LogP contribution in [0.2, 0.25) is 0 Å². The van der Waals surface area contributed by atoms with Crippen LogP contribution in [0.25, 0.3) is 0 Å². The van der Waals surface area contributed by atoms with Crippen molar-refractivity contribution in [3.63, 3.8) is 0 Å². The van der Waals surface area contributed by atoms with Crippen LogP contribution in [0, 0.1) is 0 Å². The van der Waals surface area contributed by atoms with Crippen molar-refractivity contribution in [2.45, 2.75) is 69.2 Å². The van der Waals surface area contributed by atoms with Crippen LogP contribution in [-0.2, 0) is 11.2 Å². The lowest BCUT2D eigenvalue weighted by Gasteiger charge is -2.24. The summed E-state index contributed by atoms with van der Waals surface area (Å²) in [5.74, 6) is 1.92. The minimum Gasteiger partial charge on any atom is -0.377 e. The Balaban J connectivity index is 1.81. The molecule has 0 bridgehead atoms. The van der Waals surface area contributed by atoms with Crippen LogP contribution < -0.4 is 10.6 Å². The van der Waals surface area contributed by atoms with Crippen LogP contribution in [0.5, 0.6) is 0 Å². The van der Waals surface area contributed by atoms with E-state index in [1.54, 1.807) is 25.9 Å². The van der Waals surface area contributed by atoms with Gasteiger partial charge in [-0.15, -0.1) is 10.2 Å². The molecule has 1 heterocycles. The van der Waals surface area contributed by atoms with Crippen LogP contribution >= 0.6 is 11.8 Å². The Morgan fingerprint density at radius 2 is 2.04 bits per heavy atom. The highest BCUT2D eigenvalue weighted by Gasteiger charge is 2.23. The monoisotopic (exact) mass is 382 g/mol. The number of methoxy groups -OCH3 is 1. The van der Waals surface area contributed by atoms with Gasteiger partial charge in [0.15, 0.2) is 11.1 Å². The third-order valence-corrected chi connectivity index (χ3v) is 5.58. The summed E-state index contributed by atoms with van der Waals surface area (Å²) in [6, 6.07) is 0.584. The molecule has 1 aromatic rings. The molecule has 0 saturated heterocycles. The fourth-order valence-electron chi connectivity index (χ4n) is 3.19. The zero-order valence-electron chi connectivity index (χ0n) is 16.8. The first kappa shape index (κ1) is 21.0. The van der Waals surface area contributed by atoms with E-state index in [0.29, 0.717) is 12.6 Å². The molecular formula is C18H34N6OS. The third kappa shape index (κ3) is 5.87. The van der Waals surface area contributed by atoms with Crippen LogP contribution in [0.4, 0.5) is 0 Å². The van der Waals surface area contributed by atoms with E-state index in [0.717, 1.165) is 36.3 Å². The van der Waals surface area contributed by atoms with Crippen molar-refractivity contribution in [2.75, 3.05) is 33.5 Å². The largest absolute Gasteiger partial charge is 0.377 e. The summed E-state index contributed by atoms with van der Waals surface area (Å²) >= 11 is 1.69. The minimum absolute atomic E-state index is 0.219. The average Bonchev–Trinajstić information content (AvgIpc) is 3.30. The van der Waals surface area contributed by atoms with Gasteiger partial charge in [0.05, 0.1) is 5.60 Å². The van der Waals surface area contributed by atoms with Gasteiger partial charge in [-0.3, -0.25) is 4.99 Å².